The van der Waals surface area contributed by atoms with Crippen LogP contribution >= 0.6 is 0 Å². The quantitative estimate of drug-likeness (QED) is 0.186. The zero-order valence-electron chi connectivity index (χ0n) is 42.3. The molecule has 2 aromatic heterocycles. The Labute approximate surface area is 307 Å². The molecule has 49 heavy (non-hydrogen) atoms. The molecule has 0 unspecified atom stereocenters. The minimum absolute atomic E-state index is 0.0664. The highest BCUT2D eigenvalue weighted by Crippen LogP contribution is 2.41. The van der Waals surface area contributed by atoms with Crippen LogP contribution in [-0.4, -0.2) is 4.57 Å². The molecule has 3 heteroatoms. The minimum Gasteiger partial charge on any atom is -0.456 e. The summed E-state index contributed by atoms with van der Waals surface area (Å²) < 4.78 is 158. The maximum atomic E-state index is 9.93. The molecule has 10 aromatic rings. The van der Waals surface area contributed by atoms with Crippen molar-refractivity contribution in [3.8, 4) is 16.8 Å². The zero-order valence-corrected chi connectivity index (χ0v) is 25.3. The SMILES string of the molecule is [2H]c1c([2H])c([2H])c(N(c2ccc(-c3ccc4ccc5oc6ccccc6c5c4c3)cc2)c2c([2H])c([2H])c3c4c([2H])c([2H])c([2H])c([2H])c4n(-c4c([2H])c([2H])c([2H])c([2H])c4[2H])c3c2[2H])c([2H])c1[2H]. The molecule has 8 aromatic carbocycles. The predicted octanol–water partition coefficient (Wildman–Crippen LogP) is 13.0. The molecule has 0 aliphatic rings. The van der Waals surface area contributed by atoms with Crippen LogP contribution in [0.25, 0.3) is 71.3 Å². The van der Waals surface area contributed by atoms with Crippen LogP contribution in [-0.2, 0) is 0 Å². The number of hydrogen-bond donors (Lipinski definition) is 0. The number of furan rings is 1. The number of anilines is 3. The smallest absolute Gasteiger partial charge is 0.136 e. The van der Waals surface area contributed by atoms with Crippen LogP contribution in [0.3, 0.4) is 0 Å². The van der Waals surface area contributed by atoms with Crippen molar-refractivity contribution in [1.29, 1.82) is 0 Å². The normalized spacial score (nSPS) is 16.5. The van der Waals surface area contributed by atoms with Crippen LogP contribution in [0.4, 0.5) is 17.1 Å². The van der Waals surface area contributed by atoms with E-state index in [-0.39, 0.29) is 16.5 Å². The molecular weight excluding hydrogens is 597 g/mol. The van der Waals surface area contributed by atoms with Gasteiger partial charge in [0.25, 0.3) is 0 Å². The Balaban J connectivity index is 1.29. The van der Waals surface area contributed by atoms with Gasteiger partial charge in [-0.1, -0.05) is 109 Å². The standard InChI is InChI=1S/C46H30N2O/c1-3-11-34(12-4-1)47(37-26-27-39-38-15-7-9-17-42(38)48(43(39)30-37)35-13-5-2-6-14-35)36-24-21-31(22-25-36)33-20-19-32-23-28-45-46(41(32)29-33)40-16-8-10-18-44(40)49-45/h1-30H/i1D,2D,3D,4D,5D,6D,7D,9D,11D,12D,13D,14D,15D,17D,26D,27D,30D. The highest BCUT2D eigenvalue weighted by atomic mass is 16.3. The number of hydrogen-bond acceptors (Lipinski definition) is 2. The third-order valence-electron chi connectivity index (χ3n) is 8.61. The number of aromatic nitrogens is 1. The van der Waals surface area contributed by atoms with Gasteiger partial charge in [0, 0.05) is 44.3 Å². The third kappa shape index (κ3) is 4.44. The van der Waals surface area contributed by atoms with E-state index in [9.17, 15) is 4.11 Å². The van der Waals surface area contributed by atoms with E-state index in [0.29, 0.717) is 11.1 Å². The zero-order chi connectivity index (χ0) is 47.1. The highest BCUT2D eigenvalue weighted by Gasteiger charge is 2.18. The first-order valence-corrected chi connectivity index (χ1v) is 15.3. The molecule has 10 rings (SSSR count). The molecule has 2 heterocycles. The Morgan fingerprint density at radius 1 is 0.490 bits per heavy atom. The predicted molar refractivity (Wildman–Crippen MR) is 206 cm³/mol. The first kappa shape index (κ1) is 15.5. The van der Waals surface area contributed by atoms with Crippen molar-refractivity contribution in [2.45, 2.75) is 0 Å². The van der Waals surface area contributed by atoms with Crippen LogP contribution in [0.2, 0.25) is 0 Å². The molecule has 230 valence electrons. The second-order valence-corrected chi connectivity index (χ2v) is 11.3. The summed E-state index contributed by atoms with van der Waals surface area (Å²) in [4.78, 5) is 1.06. The molecule has 0 atom stereocenters. The van der Waals surface area contributed by atoms with Gasteiger partial charge in [-0.25, -0.2) is 0 Å². The van der Waals surface area contributed by atoms with Crippen molar-refractivity contribution >= 4 is 71.6 Å². The van der Waals surface area contributed by atoms with Gasteiger partial charge in [0.2, 0.25) is 0 Å². The van der Waals surface area contributed by atoms with E-state index in [0.717, 1.165) is 42.2 Å². The molecule has 0 saturated heterocycles. The van der Waals surface area contributed by atoms with E-state index >= 15 is 0 Å². The van der Waals surface area contributed by atoms with Crippen LogP contribution in [0.15, 0.2) is 186 Å². The average Bonchev–Trinajstić information content (AvgIpc) is 3.89. The maximum absolute atomic E-state index is 9.93. The molecule has 0 fully saturated rings. The van der Waals surface area contributed by atoms with Gasteiger partial charge in [-0.3, -0.25) is 0 Å². The lowest BCUT2D eigenvalue weighted by atomic mass is 9.98. The summed E-state index contributed by atoms with van der Waals surface area (Å²) >= 11 is 0. The van der Waals surface area contributed by atoms with Crippen LogP contribution in [0, 0.1) is 0 Å². The fraction of sp³-hybridized carbons (Fsp3) is 0. The summed E-state index contributed by atoms with van der Waals surface area (Å²) in [5.74, 6) is 0. The van der Waals surface area contributed by atoms with Gasteiger partial charge in [-0.2, -0.15) is 0 Å². The molecule has 0 spiro atoms. The van der Waals surface area contributed by atoms with Crippen molar-refractivity contribution < 1.29 is 27.7 Å². The largest absolute Gasteiger partial charge is 0.456 e. The van der Waals surface area contributed by atoms with Crippen molar-refractivity contribution in [3.63, 3.8) is 0 Å². The monoisotopic (exact) mass is 643 g/mol. The van der Waals surface area contributed by atoms with Crippen LogP contribution in [0.5, 0.6) is 0 Å². The van der Waals surface area contributed by atoms with E-state index in [1.807, 2.05) is 54.6 Å². The highest BCUT2D eigenvalue weighted by molar-refractivity contribution is 6.19. The number of para-hydroxylation sites is 4. The maximum Gasteiger partial charge on any atom is 0.136 e. The summed E-state index contributed by atoms with van der Waals surface area (Å²) in [5, 5.41) is 3.00. The molecule has 0 saturated carbocycles. The average molecular weight is 644 g/mol. The number of fused-ring (bicyclic) bond motifs is 8. The summed E-state index contributed by atoms with van der Waals surface area (Å²) in [5.41, 5.74) is 0.403. The Kier molecular flexibility index (Phi) is 3.49. The lowest BCUT2D eigenvalue weighted by Gasteiger charge is -2.26. The van der Waals surface area contributed by atoms with Gasteiger partial charge in [-0.15, -0.1) is 0 Å². The molecule has 0 radical (unpaired) electrons. The topological polar surface area (TPSA) is 21.3 Å². The Bertz CT molecular complexity index is 3750. The summed E-state index contributed by atoms with van der Waals surface area (Å²) in [6.45, 7) is 0. The first-order chi connectivity index (χ1) is 31.4. The van der Waals surface area contributed by atoms with E-state index in [4.69, 9.17) is 23.6 Å². The van der Waals surface area contributed by atoms with E-state index < -0.39 is 131 Å². The Hall–Kier alpha value is -6.58. The van der Waals surface area contributed by atoms with Gasteiger partial charge < -0.3 is 13.9 Å². The second kappa shape index (κ2) is 11.0. The van der Waals surface area contributed by atoms with E-state index in [2.05, 4.69) is 0 Å². The fourth-order valence-corrected chi connectivity index (χ4v) is 6.44. The van der Waals surface area contributed by atoms with Crippen molar-refractivity contribution in [1.82, 2.24) is 4.57 Å². The Morgan fingerprint density at radius 3 is 2.06 bits per heavy atom. The first-order valence-electron chi connectivity index (χ1n) is 23.8. The van der Waals surface area contributed by atoms with Crippen molar-refractivity contribution in [2.24, 2.45) is 0 Å². The fourth-order valence-electron chi connectivity index (χ4n) is 6.44. The second-order valence-electron chi connectivity index (χ2n) is 11.3. The number of benzene rings is 8. The number of nitrogens with zero attached hydrogens (tertiary/aromatic N) is 2. The lowest BCUT2D eigenvalue weighted by molar-refractivity contribution is 0.669. The van der Waals surface area contributed by atoms with Gasteiger partial charge in [0.15, 0.2) is 0 Å². The molecule has 3 nitrogen and oxygen atoms in total. The van der Waals surface area contributed by atoms with Gasteiger partial charge in [0.05, 0.1) is 34.3 Å². The van der Waals surface area contributed by atoms with Crippen molar-refractivity contribution in [3.05, 3.63) is 182 Å². The van der Waals surface area contributed by atoms with Gasteiger partial charge in [-0.05, 0) is 94.5 Å². The minimum atomic E-state index is -0.803. The molecule has 0 bridgehead atoms. The molecule has 0 N–H and O–H groups in total. The molecule has 0 aliphatic heterocycles. The van der Waals surface area contributed by atoms with Crippen LogP contribution in [0.1, 0.15) is 23.3 Å². The third-order valence-corrected chi connectivity index (χ3v) is 8.61. The van der Waals surface area contributed by atoms with Gasteiger partial charge in [0.1, 0.15) is 11.2 Å². The van der Waals surface area contributed by atoms with Crippen LogP contribution < -0.4 is 4.90 Å². The summed E-state index contributed by atoms with van der Waals surface area (Å²) in [6.07, 6.45) is 0. The van der Waals surface area contributed by atoms with Crippen molar-refractivity contribution in [2.75, 3.05) is 4.90 Å². The summed E-state index contributed by atoms with van der Waals surface area (Å²) in [6, 6.07) is 11.2. The molecule has 0 amide bonds. The molecular formula is C46H30N2O. The summed E-state index contributed by atoms with van der Waals surface area (Å²) in [7, 11) is 0. The molecule has 0 aliphatic carbocycles. The lowest BCUT2D eigenvalue weighted by Crippen LogP contribution is -2.10. The van der Waals surface area contributed by atoms with E-state index in [1.54, 1.807) is 24.3 Å². The number of rotatable bonds is 5. The van der Waals surface area contributed by atoms with E-state index in [1.165, 1.54) is 0 Å². The van der Waals surface area contributed by atoms with Gasteiger partial charge >= 0.3 is 0 Å². The Morgan fingerprint density at radius 2 is 1.20 bits per heavy atom.